The highest BCUT2D eigenvalue weighted by Gasteiger charge is 2.24. The van der Waals surface area contributed by atoms with E-state index in [4.69, 9.17) is 15.3 Å². The van der Waals surface area contributed by atoms with Gasteiger partial charge in [0.1, 0.15) is 5.75 Å². The zero-order valence-corrected chi connectivity index (χ0v) is 13.5. The monoisotopic (exact) mass is 330 g/mol. The summed E-state index contributed by atoms with van der Waals surface area (Å²) in [6, 6.07) is 5.98. The number of rotatable bonds is 7. The Hall–Kier alpha value is -0.620. The van der Waals surface area contributed by atoms with Gasteiger partial charge in [-0.15, -0.1) is 0 Å². The molecule has 1 rings (SSSR count). The van der Waals surface area contributed by atoms with Crippen LogP contribution in [0.1, 0.15) is 19.4 Å². The van der Waals surface area contributed by atoms with E-state index >= 15 is 0 Å². The van der Waals surface area contributed by atoms with Gasteiger partial charge >= 0.3 is 0 Å². The maximum Gasteiger partial charge on any atom is 0.119 e. The Morgan fingerprint density at radius 3 is 2.47 bits per heavy atom. The third-order valence-corrected chi connectivity index (χ3v) is 4.01. The molecule has 0 aliphatic rings. The fourth-order valence-corrected chi connectivity index (χ4v) is 2.65. The van der Waals surface area contributed by atoms with Gasteiger partial charge < -0.3 is 9.47 Å². The maximum absolute atomic E-state index is 5.68. The summed E-state index contributed by atoms with van der Waals surface area (Å²) in [5, 5.41) is 0. The summed E-state index contributed by atoms with van der Waals surface area (Å²) in [6.07, 6.45) is 0.827. The third-order valence-electron chi connectivity index (χ3n) is 3.23. The van der Waals surface area contributed by atoms with E-state index in [2.05, 4.69) is 35.2 Å². The van der Waals surface area contributed by atoms with E-state index < -0.39 is 0 Å². The van der Waals surface area contributed by atoms with Crippen molar-refractivity contribution in [3.8, 4) is 5.75 Å². The second kappa shape index (κ2) is 7.85. The lowest BCUT2D eigenvalue weighted by molar-refractivity contribution is 0.0332. The number of methoxy groups -OCH3 is 2. The van der Waals surface area contributed by atoms with Crippen molar-refractivity contribution in [1.82, 2.24) is 5.43 Å². The Labute approximate surface area is 123 Å². The molecule has 0 heterocycles. The van der Waals surface area contributed by atoms with Crippen LogP contribution in [0.2, 0.25) is 0 Å². The lowest BCUT2D eigenvalue weighted by Gasteiger charge is -2.29. The molecule has 0 amide bonds. The van der Waals surface area contributed by atoms with Crippen molar-refractivity contribution < 1.29 is 9.47 Å². The van der Waals surface area contributed by atoms with Crippen molar-refractivity contribution >= 4 is 15.9 Å². The zero-order chi connectivity index (χ0) is 14.4. The van der Waals surface area contributed by atoms with Crippen LogP contribution in [-0.4, -0.2) is 26.4 Å². The number of hydrogen-bond donors (Lipinski definition) is 2. The van der Waals surface area contributed by atoms with Gasteiger partial charge in [0.15, 0.2) is 0 Å². The first kappa shape index (κ1) is 16.4. The van der Waals surface area contributed by atoms with Crippen LogP contribution in [0.5, 0.6) is 5.75 Å². The van der Waals surface area contributed by atoms with E-state index in [-0.39, 0.29) is 12.1 Å². The predicted octanol–water partition coefficient (Wildman–Crippen LogP) is 2.50. The van der Waals surface area contributed by atoms with Crippen LogP contribution in [-0.2, 0) is 11.2 Å². The van der Waals surface area contributed by atoms with Crippen LogP contribution in [0.25, 0.3) is 0 Å². The molecule has 0 radical (unpaired) electrons. The molecule has 2 atom stereocenters. The number of hydrogen-bond acceptors (Lipinski definition) is 4. The minimum absolute atomic E-state index is 0.0495. The normalized spacial score (nSPS) is 14.5. The van der Waals surface area contributed by atoms with E-state index in [1.165, 1.54) is 0 Å². The third kappa shape index (κ3) is 4.45. The average molecular weight is 331 g/mol. The number of benzene rings is 1. The molecule has 108 valence electrons. The molecule has 0 saturated carbocycles. The summed E-state index contributed by atoms with van der Waals surface area (Å²) in [6.45, 7) is 4.25. The Morgan fingerprint density at radius 2 is 2.00 bits per heavy atom. The largest absolute Gasteiger partial charge is 0.497 e. The molecule has 2 unspecified atom stereocenters. The van der Waals surface area contributed by atoms with Gasteiger partial charge in [0.2, 0.25) is 0 Å². The lowest BCUT2D eigenvalue weighted by Crippen LogP contribution is -2.48. The summed E-state index contributed by atoms with van der Waals surface area (Å²) >= 11 is 3.56. The molecule has 0 saturated heterocycles. The minimum atomic E-state index is 0.0495. The van der Waals surface area contributed by atoms with Gasteiger partial charge in [0.05, 0.1) is 19.3 Å². The molecule has 3 N–H and O–H groups in total. The fraction of sp³-hybridized carbons (Fsp3) is 0.571. The molecule has 0 spiro atoms. The van der Waals surface area contributed by atoms with Gasteiger partial charge in [-0.1, -0.05) is 29.8 Å². The number of ether oxygens (including phenoxy) is 2. The SMILES string of the molecule is COc1ccc(Br)c(CC(NN)C(OC)C(C)C)c1. The Kier molecular flexibility index (Phi) is 6.79. The molecule has 0 aromatic heterocycles. The van der Waals surface area contributed by atoms with Crippen LogP contribution >= 0.6 is 15.9 Å². The van der Waals surface area contributed by atoms with Crippen molar-refractivity contribution in [3.05, 3.63) is 28.2 Å². The first-order chi connectivity index (χ1) is 9.03. The van der Waals surface area contributed by atoms with Crippen LogP contribution in [0.3, 0.4) is 0 Å². The van der Waals surface area contributed by atoms with E-state index in [0.29, 0.717) is 5.92 Å². The van der Waals surface area contributed by atoms with Gasteiger partial charge in [0.25, 0.3) is 0 Å². The van der Waals surface area contributed by atoms with Gasteiger partial charge in [-0.25, -0.2) is 0 Å². The Bertz CT molecular complexity index is 399. The van der Waals surface area contributed by atoms with E-state index in [1.54, 1.807) is 14.2 Å². The quantitative estimate of drug-likeness (QED) is 0.595. The van der Waals surface area contributed by atoms with Crippen molar-refractivity contribution in [2.45, 2.75) is 32.4 Å². The number of halogens is 1. The number of nitrogens with one attached hydrogen (secondary N) is 1. The number of nitrogens with two attached hydrogens (primary N) is 1. The zero-order valence-electron chi connectivity index (χ0n) is 11.9. The molecule has 19 heavy (non-hydrogen) atoms. The molecule has 0 aliphatic heterocycles. The smallest absolute Gasteiger partial charge is 0.119 e. The van der Waals surface area contributed by atoms with Gasteiger partial charge in [-0.3, -0.25) is 11.3 Å². The molecule has 0 bridgehead atoms. The summed E-state index contributed by atoms with van der Waals surface area (Å²) in [5.74, 6) is 6.90. The number of hydrazine groups is 1. The van der Waals surface area contributed by atoms with Crippen LogP contribution in [0, 0.1) is 5.92 Å². The molecule has 5 heteroatoms. The summed E-state index contributed by atoms with van der Waals surface area (Å²) in [7, 11) is 3.38. The van der Waals surface area contributed by atoms with Crippen molar-refractivity contribution in [2.75, 3.05) is 14.2 Å². The fourth-order valence-electron chi connectivity index (χ4n) is 2.24. The first-order valence-corrected chi connectivity index (χ1v) is 7.14. The van der Waals surface area contributed by atoms with E-state index in [0.717, 1.165) is 22.2 Å². The van der Waals surface area contributed by atoms with E-state index in [1.807, 2.05) is 18.2 Å². The minimum Gasteiger partial charge on any atom is -0.497 e. The molecular formula is C14H23BrN2O2. The summed E-state index contributed by atoms with van der Waals surface area (Å²) in [4.78, 5) is 0. The first-order valence-electron chi connectivity index (χ1n) is 6.34. The molecular weight excluding hydrogens is 308 g/mol. The highest BCUT2D eigenvalue weighted by atomic mass is 79.9. The maximum atomic E-state index is 5.68. The summed E-state index contributed by atoms with van der Waals surface area (Å²) in [5.41, 5.74) is 4.00. The molecule has 4 nitrogen and oxygen atoms in total. The molecule has 1 aromatic rings. The van der Waals surface area contributed by atoms with Gasteiger partial charge in [-0.05, 0) is 36.1 Å². The predicted molar refractivity (Wildman–Crippen MR) is 81.1 cm³/mol. The average Bonchev–Trinajstić information content (AvgIpc) is 2.40. The molecule has 0 aliphatic carbocycles. The Morgan fingerprint density at radius 1 is 1.32 bits per heavy atom. The Balaban J connectivity index is 2.91. The standard InChI is InChI=1S/C14H23BrN2O2/c1-9(2)14(19-4)13(17-16)8-10-7-11(18-3)5-6-12(10)15/h5-7,9,13-14,17H,8,16H2,1-4H3. The highest BCUT2D eigenvalue weighted by Crippen LogP contribution is 2.25. The summed E-state index contributed by atoms with van der Waals surface area (Å²) < 4.78 is 11.8. The second-order valence-corrected chi connectivity index (χ2v) is 5.73. The lowest BCUT2D eigenvalue weighted by atomic mass is 9.94. The van der Waals surface area contributed by atoms with Crippen LogP contribution < -0.4 is 16.0 Å². The van der Waals surface area contributed by atoms with Crippen molar-refractivity contribution in [1.29, 1.82) is 0 Å². The van der Waals surface area contributed by atoms with Gasteiger partial charge in [-0.2, -0.15) is 0 Å². The van der Waals surface area contributed by atoms with Crippen LogP contribution in [0.15, 0.2) is 22.7 Å². The highest BCUT2D eigenvalue weighted by molar-refractivity contribution is 9.10. The van der Waals surface area contributed by atoms with Gasteiger partial charge in [0, 0.05) is 11.6 Å². The molecule has 0 fully saturated rings. The van der Waals surface area contributed by atoms with E-state index in [9.17, 15) is 0 Å². The van der Waals surface area contributed by atoms with Crippen molar-refractivity contribution in [3.63, 3.8) is 0 Å². The topological polar surface area (TPSA) is 56.5 Å². The second-order valence-electron chi connectivity index (χ2n) is 4.88. The van der Waals surface area contributed by atoms with Crippen LogP contribution in [0.4, 0.5) is 0 Å². The van der Waals surface area contributed by atoms with Crippen molar-refractivity contribution in [2.24, 2.45) is 11.8 Å². The molecule has 1 aromatic carbocycles.